The molecule has 0 aromatic heterocycles. The van der Waals surface area contributed by atoms with Gasteiger partial charge < -0.3 is 9.31 Å². The van der Waals surface area contributed by atoms with Crippen LogP contribution >= 0.6 is 0 Å². The number of alkyl halides is 3. The SMILES string of the molecule is CC1(C)OB(c2ccc(S(C)(=O)=O)cc2C(F)(F)F)OC1(C)C. The minimum atomic E-state index is -4.72. The highest BCUT2D eigenvalue weighted by Crippen LogP contribution is 2.38. The van der Waals surface area contributed by atoms with Crippen molar-refractivity contribution in [1.29, 1.82) is 0 Å². The normalized spacial score (nSPS) is 20.8. The molecule has 1 aliphatic rings. The third-order valence-corrected chi connectivity index (χ3v) is 5.38. The lowest BCUT2D eigenvalue weighted by molar-refractivity contribution is -0.137. The van der Waals surface area contributed by atoms with Crippen LogP contribution < -0.4 is 5.46 Å². The third kappa shape index (κ3) is 3.41. The van der Waals surface area contributed by atoms with Gasteiger partial charge in [0.25, 0.3) is 0 Å². The molecule has 1 aliphatic heterocycles. The zero-order valence-corrected chi connectivity index (χ0v) is 14.3. The molecule has 0 unspecified atom stereocenters. The van der Waals surface area contributed by atoms with Crippen LogP contribution in [-0.2, 0) is 25.3 Å². The van der Waals surface area contributed by atoms with Crippen LogP contribution in [0.4, 0.5) is 13.2 Å². The van der Waals surface area contributed by atoms with Crippen LogP contribution in [0.3, 0.4) is 0 Å². The van der Waals surface area contributed by atoms with E-state index < -0.39 is 44.8 Å². The second kappa shape index (κ2) is 5.22. The summed E-state index contributed by atoms with van der Waals surface area (Å²) in [6, 6.07) is 2.85. The molecule has 2 rings (SSSR count). The molecule has 4 nitrogen and oxygen atoms in total. The van der Waals surface area contributed by atoms with Crippen molar-refractivity contribution < 1.29 is 30.9 Å². The number of hydrogen-bond donors (Lipinski definition) is 0. The molecular formula is C14H18BF3O4S. The van der Waals surface area contributed by atoms with Crippen LogP contribution in [0, 0.1) is 0 Å². The van der Waals surface area contributed by atoms with Gasteiger partial charge in [0.1, 0.15) is 0 Å². The Hall–Kier alpha value is -1.06. The molecule has 128 valence electrons. The van der Waals surface area contributed by atoms with E-state index in [4.69, 9.17) is 9.31 Å². The summed E-state index contributed by atoms with van der Waals surface area (Å²) in [5, 5.41) is 0. The van der Waals surface area contributed by atoms with Gasteiger partial charge in [-0.3, -0.25) is 0 Å². The molecule has 0 aliphatic carbocycles. The number of halogens is 3. The first-order valence-corrected chi connectivity index (χ1v) is 8.81. The maximum Gasteiger partial charge on any atom is 0.495 e. The third-order valence-electron chi connectivity index (χ3n) is 4.27. The van der Waals surface area contributed by atoms with E-state index in [1.165, 1.54) is 0 Å². The van der Waals surface area contributed by atoms with Crippen LogP contribution in [0.5, 0.6) is 0 Å². The summed E-state index contributed by atoms with van der Waals surface area (Å²) in [7, 11) is -4.97. The predicted molar refractivity (Wildman–Crippen MR) is 80.3 cm³/mol. The van der Waals surface area contributed by atoms with Gasteiger partial charge in [-0.15, -0.1) is 0 Å². The molecular weight excluding hydrogens is 332 g/mol. The van der Waals surface area contributed by atoms with Crippen molar-refractivity contribution in [3.05, 3.63) is 23.8 Å². The molecule has 0 spiro atoms. The summed E-state index contributed by atoms with van der Waals surface area (Å²) < 4.78 is 74.4. The maximum atomic E-state index is 13.3. The second-order valence-corrected chi connectivity index (χ2v) is 8.62. The fraction of sp³-hybridized carbons (Fsp3) is 0.571. The number of hydrogen-bond acceptors (Lipinski definition) is 4. The van der Waals surface area contributed by atoms with Crippen molar-refractivity contribution in [1.82, 2.24) is 0 Å². The van der Waals surface area contributed by atoms with Gasteiger partial charge in [0, 0.05) is 6.26 Å². The molecule has 0 radical (unpaired) electrons. The Morgan fingerprint density at radius 2 is 1.52 bits per heavy atom. The van der Waals surface area contributed by atoms with E-state index in [2.05, 4.69) is 0 Å². The molecule has 0 amide bonds. The molecule has 1 aromatic carbocycles. The lowest BCUT2D eigenvalue weighted by Crippen LogP contribution is -2.41. The molecule has 0 saturated carbocycles. The van der Waals surface area contributed by atoms with Crippen molar-refractivity contribution in [2.75, 3.05) is 6.26 Å². The zero-order chi connectivity index (χ0) is 17.8. The fourth-order valence-electron chi connectivity index (χ4n) is 2.19. The molecule has 0 N–H and O–H groups in total. The van der Waals surface area contributed by atoms with Gasteiger partial charge in [-0.2, -0.15) is 13.2 Å². The Kier molecular flexibility index (Phi) is 4.15. The van der Waals surface area contributed by atoms with Gasteiger partial charge in [-0.05, 0) is 45.3 Å². The Morgan fingerprint density at radius 1 is 1.04 bits per heavy atom. The van der Waals surface area contributed by atoms with Crippen molar-refractivity contribution in [3.63, 3.8) is 0 Å². The first-order valence-electron chi connectivity index (χ1n) is 6.92. The summed E-state index contributed by atoms with van der Waals surface area (Å²) in [5.74, 6) is 0. The number of sulfone groups is 1. The molecule has 23 heavy (non-hydrogen) atoms. The van der Waals surface area contributed by atoms with Gasteiger partial charge >= 0.3 is 13.3 Å². The Bertz CT molecular complexity index is 710. The lowest BCUT2D eigenvalue weighted by Gasteiger charge is -2.32. The van der Waals surface area contributed by atoms with Crippen molar-refractivity contribution >= 4 is 22.4 Å². The van der Waals surface area contributed by atoms with Crippen LogP contribution in [0.25, 0.3) is 0 Å². The molecule has 1 fully saturated rings. The average molecular weight is 350 g/mol. The Morgan fingerprint density at radius 3 is 1.91 bits per heavy atom. The van der Waals surface area contributed by atoms with E-state index >= 15 is 0 Å². The summed E-state index contributed by atoms with van der Waals surface area (Å²) in [6.45, 7) is 6.91. The van der Waals surface area contributed by atoms with E-state index in [0.29, 0.717) is 6.07 Å². The number of benzene rings is 1. The minimum Gasteiger partial charge on any atom is -0.399 e. The lowest BCUT2D eigenvalue weighted by atomic mass is 9.76. The fourth-order valence-corrected chi connectivity index (χ4v) is 2.83. The van der Waals surface area contributed by atoms with Gasteiger partial charge in [-0.1, -0.05) is 6.07 Å². The first kappa shape index (κ1) is 18.3. The molecule has 9 heteroatoms. The smallest absolute Gasteiger partial charge is 0.399 e. The predicted octanol–water partition coefficient (Wildman–Crippen LogP) is 2.41. The van der Waals surface area contributed by atoms with E-state index in [1.54, 1.807) is 27.7 Å². The van der Waals surface area contributed by atoms with Gasteiger partial charge in [0.2, 0.25) is 0 Å². The molecule has 1 heterocycles. The van der Waals surface area contributed by atoms with Crippen LogP contribution in [-0.4, -0.2) is 33.0 Å². The van der Waals surface area contributed by atoms with Gasteiger partial charge in [0.05, 0.1) is 21.7 Å². The molecule has 1 aromatic rings. The molecule has 0 atom stereocenters. The van der Waals surface area contributed by atoms with Gasteiger partial charge in [-0.25, -0.2) is 8.42 Å². The summed E-state index contributed by atoms with van der Waals surface area (Å²) in [6.07, 6.45) is -3.86. The largest absolute Gasteiger partial charge is 0.495 e. The van der Waals surface area contributed by atoms with E-state index in [1.807, 2.05) is 0 Å². The van der Waals surface area contributed by atoms with E-state index in [0.717, 1.165) is 18.4 Å². The first-order chi connectivity index (χ1) is 10.2. The molecule has 0 bridgehead atoms. The van der Waals surface area contributed by atoms with E-state index in [9.17, 15) is 21.6 Å². The highest BCUT2D eigenvalue weighted by molar-refractivity contribution is 7.90. The summed E-state index contributed by atoms with van der Waals surface area (Å²) in [5.41, 5.74) is -2.89. The zero-order valence-electron chi connectivity index (χ0n) is 13.5. The van der Waals surface area contributed by atoms with Gasteiger partial charge in [0.15, 0.2) is 9.84 Å². The number of rotatable bonds is 2. The van der Waals surface area contributed by atoms with E-state index in [-0.39, 0.29) is 5.46 Å². The highest BCUT2D eigenvalue weighted by atomic mass is 32.2. The van der Waals surface area contributed by atoms with Crippen molar-refractivity contribution in [2.45, 2.75) is 50.0 Å². The Labute approximate surface area is 134 Å². The van der Waals surface area contributed by atoms with Crippen LogP contribution in [0.15, 0.2) is 23.1 Å². The highest BCUT2D eigenvalue weighted by Gasteiger charge is 2.53. The van der Waals surface area contributed by atoms with Crippen LogP contribution in [0.2, 0.25) is 0 Å². The maximum absolute atomic E-state index is 13.3. The Balaban J connectivity index is 2.56. The average Bonchev–Trinajstić information content (AvgIpc) is 2.55. The second-order valence-electron chi connectivity index (χ2n) is 6.61. The van der Waals surface area contributed by atoms with Crippen molar-refractivity contribution in [2.24, 2.45) is 0 Å². The quantitative estimate of drug-likeness (QED) is 0.769. The summed E-state index contributed by atoms with van der Waals surface area (Å²) in [4.78, 5) is -0.398. The minimum absolute atomic E-state index is 0.233. The molecule has 1 saturated heterocycles. The van der Waals surface area contributed by atoms with Crippen molar-refractivity contribution in [3.8, 4) is 0 Å². The summed E-state index contributed by atoms with van der Waals surface area (Å²) >= 11 is 0. The topological polar surface area (TPSA) is 52.6 Å². The standard InChI is InChI=1S/C14H18BF3O4S/c1-12(2)13(3,4)22-15(21-12)11-7-6-9(23(5,19)20)8-10(11)14(16,17)18/h6-8H,1-5H3. The van der Waals surface area contributed by atoms with Crippen LogP contribution in [0.1, 0.15) is 33.3 Å². The monoisotopic (exact) mass is 350 g/mol.